The van der Waals surface area contributed by atoms with Crippen molar-refractivity contribution in [3.63, 3.8) is 0 Å². The Hall–Kier alpha value is -1.89. The molecule has 0 spiro atoms. The van der Waals surface area contributed by atoms with Crippen molar-refractivity contribution in [1.29, 1.82) is 0 Å². The molecule has 0 aromatic heterocycles. The van der Waals surface area contributed by atoms with Crippen LogP contribution >= 0.6 is 15.9 Å². The number of benzene rings is 1. The monoisotopic (exact) mass is 353 g/mol. The Morgan fingerprint density at radius 2 is 1.90 bits per heavy atom. The van der Waals surface area contributed by atoms with Gasteiger partial charge in [-0.1, -0.05) is 15.9 Å². The van der Waals surface area contributed by atoms with Gasteiger partial charge in [0.2, 0.25) is 6.41 Å². The van der Waals surface area contributed by atoms with E-state index in [4.69, 9.17) is 0 Å². The van der Waals surface area contributed by atoms with Gasteiger partial charge in [0.15, 0.2) is 0 Å². The van der Waals surface area contributed by atoms with Gasteiger partial charge in [0.05, 0.1) is 0 Å². The van der Waals surface area contributed by atoms with Gasteiger partial charge in [0, 0.05) is 36.3 Å². The number of nitrogens with one attached hydrogen (secondary N) is 1. The molecule has 0 saturated carbocycles. The molecule has 1 aliphatic heterocycles. The van der Waals surface area contributed by atoms with Crippen molar-refractivity contribution in [2.75, 3.05) is 31.5 Å². The second-order valence-corrected chi connectivity index (χ2v) is 5.76. The lowest BCUT2D eigenvalue weighted by Crippen LogP contribution is -2.51. The van der Waals surface area contributed by atoms with E-state index in [1.165, 1.54) is 4.90 Å². The van der Waals surface area contributed by atoms with Crippen molar-refractivity contribution in [3.05, 3.63) is 28.2 Å². The number of nitrogens with zero attached hydrogens (tertiary/aromatic N) is 2. The van der Waals surface area contributed by atoms with E-state index < -0.39 is 11.8 Å². The number of carbonyl (C=O) groups is 3. The van der Waals surface area contributed by atoms with Crippen LogP contribution in [0.2, 0.25) is 0 Å². The van der Waals surface area contributed by atoms with Crippen LogP contribution in [0.3, 0.4) is 0 Å². The molecule has 1 saturated heterocycles. The molecule has 0 bridgehead atoms. The van der Waals surface area contributed by atoms with Gasteiger partial charge < -0.3 is 15.1 Å². The molecule has 6 nitrogen and oxygen atoms in total. The molecule has 1 N–H and O–H groups in total. The first-order chi connectivity index (χ1) is 10.0. The van der Waals surface area contributed by atoms with Crippen molar-refractivity contribution < 1.29 is 14.4 Å². The first kappa shape index (κ1) is 15.5. The van der Waals surface area contributed by atoms with Crippen LogP contribution in [0.5, 0.6) is 0 Å². The summed E-state index contributed by atoms with van der Waals surface area (Å²) in [6, 6.07) is 5.41. The van der Waals surface area contributed by atoms with E-state index in [0.29, 0.717) is 31.9 Å². The van der Waals surface area contributed by atoms with Gasteiger partial charge in [0.25, 0.3) is 0 Å². The van der Waals surface area contributed by atoms with Crippen LogP contribution < -0.4 is 5.32 Å². The highest BCUT2D eigenvalue weighted by Crippen LogP contribution is 2.20. The minimum absolute atomic E-state index is 0.379. The van der Waals surface area contributed by atoms with Gasteiger partial charge >= 0.3 is 11.8 Å². The highest BCUT2D eigenvalue weighted by molar-refractivity contribution is 9.10. The van der Waals surface area contributed by atoms with Crippen molar-refractivity contribution in [2.45, 2.75) is 6.92 Å². The Bertz CT molecular complexity index is 569. The topological polar surface area (TPSA) is 69.7 Å². The molecule has 21 heavy (non-hydrogen) atoms. The highest BCUT2D eigenvalue weighted by Gasteiger charge is 2.25. The Kier molecular flexibility index (Phi) is 4.95. The van der Waals surface area contributed by atoms with Crippen molar-refractivity contribution in [3.8, 4) is 0 Å². The standard InChI is InChI=1S/C14H16BrN3O3/c1-10-8-11(15)2-3-12(10)16-13(20)14(21)18-6-4-17(9-19)5-7-18/h2-3,8-9H,4-7H2,1H3,(H,16,20). The van der Waals surface area contributed by atoms with E-state index >= 15 is 0 Å². The van der Waals surface area contributed by atoms with Crippen LogP contribution in [0.25, 0.3) is 0 Å². The third-order valence-electron chi connectivity index (χ3n) is 3.38. The summed E-state index contributed by atoms with van der Waals surface area (Å²) in [6.45, 7) is 3.53. The summed E-state index contributed by atoms with van der Waals surface area (Å²) in [5, 5.41) is 2.63. The van der Waals surface area contributed by atoms with Crippen molar-refractivity contribution in [2.24, 2.45) is 0 Å². The molecule has 0 atom stereocenters. The fourth-order valence-electron chi connectivity index (χ4n) is 2.12. The molecular weight excluding hydrogens is 338 g/mol. The number of carbonyl (C=O) groups excluding carboxylic acids is 3. The smallest absolute Gasteiger partial charge is 0.313 e. The second kappa shape index (κ2) is 6.71. The predicted molar refractivity (Wildman–Crippen MR) is 81.7 cm³/mol. The van der Waals surface area contributed by atoms with E-state index in [1.807, 2.05) is 13.0 Å². The van der Waals surface area contributed by atoms with Gasteiger partial charge in [-0.15, -0.1) is 0 Å². The zero-order valence-corrected chi connectivity index (χ0v) is 13.2. The fraction of sp³-hybridized carbons (Fsp3) is 0.357. The molecule has 7 heteroatoms. The zero-order chi connectivity index (χ0) is 15.4. The average molecular weight is 354 g/mol. The second-order valence-electron chi connectivity index (χ2n) is 4.85. The maximum absolute atomic E-state index is 12.1. The minimum atomic E-state index is -0.653. The molecule has 1 aromatic carbocycles. The van der Waals surface area contributed by atoms with Crippen LogP contribution in [0.4, 0.5) is 5.69 Å². The fourth-order valence-corrected chi connectivity index (χ4v) is 2.59. The van der Waals surface area contributed by atoms with Gasteiger partial charge in [-0.3, -0.25) is 14.4 Å². The summed E-state index contributed by atoms with van der Waals surface area (Å²) in [6.07, 6.45) is 0.757. The number of aryl methyl sites for hydroxylation is 1. The number of rotatable bonds is 2. The maximum Gasteiger partial charge on any atom is 0.313 e. The van der Waals surface area contributed by atoms with E-state index in [9.17, 15) is 14.4 Å². The number of hydrogen-bond acceptors (Lipinski definition) is 3. The van der Waals surface area contributed by atoms with E-state index in [0.717, 1.165) is 16.4 Å². The summed E-state index contributed by atoms with van der Waals surface area (Å²) in [5.74, 6) is -1.22. The van der Waals surface area contributed by atoms with Crippen molar-refractivity contribution >= 4 is 39.8 Å². The Balaban J connectivity index is 1.97. The largest absolute Gasteiger partial charge is 0.342 e. The number of hydrogen-bond donors (Lipinski definition) is 1. The van der Waals surface area contributed by atoms with Crippen LogP contribution in [-0.2, 0) is 14.4 Å². The van der Waals surface area contributed by atoms with E-state index in [2.05, 4.69) is 21.2 Å². The van der Waals surface area contributed by atoms with Gasteiger partial charge in [-0.05, 0) is 30.7 Å². The van der Waals surface area contributed by atoms with Gasteiger partial charge in [0.1, 0.15) is 0 Å². The molecule has 3 amide bonds. The first-order valence-electron chi connectivity index (χ1n) is 6.57. The summed E-state index contributed by atoms with van der Waals surface area (Å²) in [5.41, 5.74) is 1.49. The molecule has 112 valence electrons. The SMILES string of the molecule is Cc1cc(Br)ccc1NC(=O)C(=O)N1CCN(C=O)CC1. The highest BCUT2D eigenvalue weighted by atomic mass is 79.9. The summed E-state index contributed by atoms with van der Waals surface area (Å²) in [7, 11) is 0. The minimum Gasteiger partial charge on any atom is -0.342 e. The predicted octanol–water partition coefficient (Wildman–Crippen LogP) is 0.997. The molecule has 0 radical (unpaired) electrons. The number of anilines is 1. The van der Waals surface area contributed by atoms with E-state index in [-0.39, 0.29) is 0 Å². The lowest BCUT2D eigenvalue weighted by Gasteiger charge is -2.32. The lowest BCUT2D eigenvalue weighted by atomic mass is 10.2. The Labute approximate surface area is 131 Å². The number of piperazine rings is 1. The zero-order valence-electron chi connectivity index (χ0n) is 11.6. The first-order valence-corrected chi connectivity index (χ1v) is 7.36. The molecule has 0 aliphatic carbocycles. The van der Waals surface area contributed by atoms with Crippen LogP contribution in [0.15, 0.2) is 22.7 Å². The molecule has 0 unspecified atom stereocenters. The van der Waals surface area contributed by atoms with E-state index in [1.54, 1.807) is 17.0 Å². The van der Waals surface area contributed by atoms with Gasteiger partial charge in [-0.25, -0.2) is 0 Å². The quantitative estimate of drug-likeness (QED) is 0.636. The molecule has 2 rings (SSSR count). The third kappa shape index (κ3) is 3.81. The molecule has 1 aromatic rings. The average Bonchev–Trinajstić information content (AvgIpc) is 2.49. The summed E-state index contributed by atoms with van der Waals surface area (Å²) >= 11 is 3.35. The summed E-state index contributed by atoms with van der Waals surface area (Å²) in [4.78, 5) is 37.7. The molecule has 1 fully saturated rings. The maximum atomic E-state index is 12.1. The van der Waals surface area contributed by atoms with Crippen LogP contribution in [0.1, 0.15) is 5.56 Å². The molecule has 1 heterocycles. The lowest BCUT2D eigenvalue weighted by molar-refractivity contribution is -0.144. The third-order valence-corrected chi connectivity index (χ3v) is 3.87. The normalized spacial score (nSPS) is 14.8. The molecule has 1 aliphatic rings. The van der Waals surface area contributed by atoms with Crippen LogP contribution in [0, 0.1) is 6.92 Å². The van der Waals surface area contributed by atoms with Crippen molar-refractivity contribution in [1.82, 2.24) is 9.80 Å². The van der Waals surface area contributed by atoms with Crippen LogP contribution in [-0.4, -0.2) is 54.2 Å². The Morgan fingerprint density at radius 1 is 1.24 bits per heavy atom. The Morgan fingerprint density at radius 3 is 2.48 bits per heavy atom. The summed E-state index contributed by atoms with van der Waals surface area (Å²) < 4.78 is 0.911. The van der Waals surface area contributed by atoms with Gasteiger partial charge in [-0.2, -0.15) is 0 Å². The molecular formula is C14H16BrN3O3. The number of halogens is 1. The number of amides is 3.